The highest BCUT2D eigenvalue weighted by atomic mass is 16.2. The third-order valence-corrected chi connectivity index (χ3v) is 6.31. The van der Waals surface area contributed by atoms with Gasteiger partial charge in [0.1, 0.15) is 0 Å². The van der Waals surface area contributed by atoms with Crippen molar-refractivity contribution in [1.29, 1.82) is 0 Å². The summed E-state index contributed by atoms with van der Waals surface area (Å²) in [5.74, 6) is 0.974. The predicted octanol–water partition coefficient (Wildman–Crippen LogP) is 2.27. The number of hydrogen-bond donors (Lipinski definition) is 0. The summed E-state index contributed by atoms with van der Waals surface area (Å²) in [5.41, 5.74) is 3.36. The van der Waals surface area contributed by atoms with E-state index in [0.29, 0.717) is 12.0 Å². The van der Waals surface area contributed by atoms with E-state index in [4.69, 9.17) is 0 Å². The molecule has 3 saturated heterocycles. The highest BCUT2D eigenvalue weighted by Crippen LogP contribution is 2.36. The molecule has 0 spiro atoms. The lowest BCUT2D eigenvalue weighted by molar-refractivity contribution is 0.00599. The normalized spacial score (nSPS) is 30.0. The Morgan fingerprint density at radius 2 is 1.87 bits per heavy atom. The first-order valence-electron chi connectivity index (χ1n) is 8.83. The number of piperidine rings is 3. The number of aryl methyl sites for hydroxylation is 1. The maximum absolute atomic E-state index is 13.3. The van der Waals surface area contributed by atoms with E-state index < -0.39 is 0 Å². The summed E-state index contributed by atoms with van der Waals surface area (Å²) in [6.45, 7) is 4.41. The van der Waals surface area contributed by atoms with Gasteiger partial charge in [-0.3, -0.25) is 4.79 Å². The van der Waals surface area contributed by atoms with Gasteiger partial charge >= 0.3 is 0 Å². The zero-order valence-corrected chi connectivity index (χ0v) is 13.7. The third kappa shape index (κ3) is 1.84. The monoisotopic (exact) mass is 309 g/mol. The van der Waals surface area contributed by atoms with Gasteiger partial charge < -0.3 is 14.4 Å². The van der Waals surface area contributed by atoms with Crippen LogP contribution in [-0.2, 0) is 13.5 Å². The molecular weight excluding hydrogens is 286 g/mol. The zero-order chi connectivity index (χ0) is 15.6. The molecule has 1 unspecified atom stereocenters. The molecule has 1 atom stereocenters. The van der Waals surface area contributed by atoms with Crippen LogP contribution in [0.25, 0.3) is 10.9 Å². The first kappa shape index (κ1) is 13.6. The Balaban J connectivity index is 1.57. The number of aromatic nitrogens is 1. The van der Waals surface area contributed by atoms with E-state index in [0.717, 1.165) is 30.5 Å². The van der Waals surface area contributed by atoms with Gasteiger partial charge in [0.25, 0.3) is 5.91 Å². The molecule has 3 fully saturated rings. The molecule has 0 N–H and O–H groups in total. The van der Waals surface area contributed by atoms with Crippen LogP contribution in [0, 0.1) is 5.92 Å². The molecule has 2 bridgehead atoms. The predicted molar refractivity (Wildman–Crippen MR) is 90.6 cm³/mol. The highest BCUT2D eigenvalue weighted by molar-refractivity contribution is 6.09. The molecule has 1 aromatic heterocycles. The second kappa shape index (κ2) is 4.84. The molecule has 23 heavy (non-hydrogen) atoms. The summed E-state index contributed by atoms with van der Waals surface area (Å²) < 4.78 is 2.22. The summed E-state index contributed by atoms with van der Waals surface area (Å²) in [6.07, 6.45) is 3.50. The van der Waals surface area contributed by atoms with Crippen LogP contribution >= 0.6 is 0 Å². The van der Waals surface area contributed by atoms with E-state index in [1.165, 1.54) is 37.1 Å². The van der Waals surface area contributed by atoms with Crippen molar-refractivity contribution in [3.8, 4) is 0 Å². The number of rotatable bonds is 1. The number of fused-ring (bicyclic) bond motifs is 6. The molecule has 0 saturated carbocycles. The number of carbonyl (C=O) groups is 1. The van der Waals surface area contributed by atoms with Crippen molar-refractivity contribution in [3.05, 3.63) is 35.5 Å². The van der Waals surface area contributed by atoms with Crippen LogP contribution in [0.2, 0.25) is 0 Å². The molecule has 2 aromatic rings. The summed E-state index contributed by atoms with van der Waals surface area (Å²) in [7, 11) is 2.10. The van der Waals surface area contributed by atoms with Crippen LogP contribution in [0.4, 0.5) is 0 Å². The first-order valence-corrected chi connectivity index (χ1v) is 8.83. The van der Waals surface area contributed by atoms with Crippen molar-refractivity contribution >= 4 is 16.8 Å². The maximum atomic E-state index is 13.3. The lowest BCUT2D eigenvalue weighted by Crippen LogP contribution is -2.59. The van der Waals surface area contributed by atoms with Crippen molar-refractivity contribution in [1.82, 2.24) is 14.4 Å². The minimum atomic E-state index is 0.266. The number of amides is 1. The molecule has 5 heterocycles. The van der Waals surface area contributed by atoms with Gasteiger partial charge in [0, 0.05) is 49.2 Å². The number of hydrogen-bond acceptors (Lipinski definition) is 2. The van der Waals surface area contributed by atoms with E-state index in [1.807, 2.05) is 6.07 Å². The van der Waals surface area contributed by atoms with Crippen LogP contribution in [0.15, 0.2) is 24.3 Å². The summed E-state index contributed by atoms with van der Waals surface area (Å²) in [4.78, 5) is 18.1. The summed E-state index contributed by atoms with van der Waals surface area (Å²) >= 11 is 0. The van der Waals surface area contributed by atoms with Crippen molar-refractivity contribution in [3.63, 3.8) is 0 Å². The molecule has 6 rings (SSSR count). The van der Waals surface area contributed by atoms with Crippen LogP contribution in [-0.4, -0.2) is 52.5 Å². The Kier molecular flexibility index (Phi) is 2.87. The van der Waals surface area contributed by atoms with Gasteiger partial charge in [-0.2, -0.15) is 0 Å². The van der Waals surface area contributed by atoms with Crippen LogP contribution in [0.1, 0.15) is 28.9 Å². The van der Waals surface area contributed by atoms with E-state index in [1.54, 1.807) is 0 Å². The van der Waals surface area contributed by atoms with Gasteiger partial charge in [-0.05, 0) is 37.9 Å². The molecule has 4 aliphatic rings. The lowest BCUT2D eigenvalue weighted by Gasteiger charge is -2.49. The Bertz CT molecular complexity index is 785. The Hall–Kier alpha value is -1.81. The summed E-state index contributed by atoms with van der Waals surface area (Å²) in [6, 6.07) is 8.76. The fourth-order valence-corrected chi connectivity index (χ4v) is 5.05. The van der Waals surface area contributed by atoms with E-state index >= 15 is 0 Å². The molecule has 0 aliphatic carbocycles. The van der Waals surface area contributed by atoms with Crippen molar-refractivity contribution in [2.75, 3.05) is 26.2 Å². The summed E-state index contributed by atoms with van der Waals surface area (Å²) in [5, 5.41) is 1.13. The number of para-hydroxylation sites is 1. The van der Waals surface area contributed by atoms with Gasteiger partial charge in [-0.1, -0.05) is 18.2 Å². The molecule has 1 amide bonds. The third-order valence-electron chi connectivity index (χ3n) is 6.31. The molecule has 4 nitrogen and oxygen atoms in total. The standard InChI is InChI=1S/C19H23N3O/c1-20-15-5-3-2-4-14(15)18-16(20)8-11-22(19(18)23)17-12-21-9-6-13(17)7-10-21/h2-5,13,17H,6-12H2,1H3. The number of carbonyl (C=O) groups excluding carboxylic acids is 1. The van der Waals surface area contributed by atoms with E-state index in [9.17, 15) is 4.79 Å². The largest absolute Gasteiger partial charge is 0.347 e. The molecule has 120 valence electrons. The number of benzene rings is 1. The van der Waals surface area contributed by atoms with Crippen molar-refractivity contribution in [2.24, 2.45) is 13.0 Å². The number of nitrogens with zero attached hydrogens (tertiary/aromatic N) is 3. The smallest absolute Gasteiger partial charge is 0.256 e. The van der Waals surface area contributed by atoms with Gasteiger partial charge in [0.2, 0.25) is 0 Å². The Morgan fingerprint density at radius 3 is 2.61 bits per heavy atom. The minimum absolute atomic E-state index is 0.266. The van der Waals surface area contributed by atoms with E-state index in [-0.39, 0.29) is 5.91 Å². The van der Waals surface area contributed by atoms with Gasteiger partial charge in [0.05, 0.1) is 5.56 Å². The molecule has 4 aliphatic heterocycles. The Labute approximate surface area is 136 Å². The molecular formula is C19H23N3O. The van der Waals surface area contributed by atoms with Crippen LogP contribution in [0.3, 0.4) is 0 Å². The molecule has 4 heteroatoms. The Morgan fingerprint density at radius 1 is 1.09 bits per heavy atom. The van der Waals surface area contributed by atoms with E-state index in [2.05, 4.69) is 39.6 Å². The van der Waals surface area contributed by atoms with Crippen LogP contribution in [0.5, 0.6) is 0 Å². The fraction of sp³-hybridized carbons (Fsp3) is 0.526. The van der Waals surface area contributed by atoms with Gasteiger partial charge in [-0.25, -0.2) is 0 Å². The van der Waals surface area contributed by atoms with Gasteiger partial charge in [0.15, 0.2) is 0 Å². The maximum Gasteiger partial charge on any atom is 0.256 e. The molecule has 0 radical (unpaired) electrons. The van der Waals surface area contributed by atoms with Crippen molar-refractivity contribution < 1.29 is 4.79 Å². The van der Waals surface area contributed by atoms with Crippen molar-refractivity contribution in [2.45, 2.75) is 25.3 Å². The average Bonchev–Trinajstić information content (AvgIpc) is 2.90. The lowest BCUT2D eigenvalue weighted by atomic mass is 9.82. The highest BCUT2D eigenvalue weighted by Gasteiger charge is 2.42. The SMILES string of the molecule is Cn1c2c(c3ccccc31)C(=O)N(C1CN3CCC1CC3)CC2. The second-order valence-electron chi connectivity index (χ2n) is 7.35. The second-order valence-corrected chi connectivity index (χ2v) is 7.35. The topological polar surface area (TPSA) is 28.5 Å². The molecule has 1 aromatic carbocycles. The first-order chi connectivity index (χ1) is 11.2. The minimum Gasteiger partial charge on any atom is -0.347 e. The van der Waals surface area contributed by atoms with Gasteiger partial charge in [-0.15, -0.1) is 0 Å². The fourth-order valence-electron chi connectivity index (χ4n) is 5.05. The van der Waals surface area contributed by atoms with Crippen LogP contribution < -0.4 is 0 Å². The quantitative estimate of drug-likeness (QED) is 0.808. The zero-order valence-electron chi connectivity index (χ0n) is 13.7. The average molecular weight is 309 g/mol.